The van der Waals surface area contributed by atoms with Gasteiger partial charge in [0.05, 0.1) is 7.11 Å². The van der Waals surface area contributed by atoms with Crippen LogP contribution in [0.2, 0.25) is 0 Å². The van der Waals surface area contributed by atoms with Crippen LogP contribution in [-0.4, -0.2) is 21.0 Å². The zero-order valence-electron chi connectivity index (χ0n) is 12.5. The first-order valence-corrected chi connectivity index (χ1v) is 8.09. The number of hydrogen-bond acceptors (Lipinski definition) is 4. The third-order valence-electron chi connectivity index (χ3n) is 3.30. The van der Waals surface area contributed by atoms with Crippen molar-refractivity contribution >= 4 is 22.3 Å². The molecule has 0 spiro atoms. The molecule has 0 atom stereocenters. The zero-order valence-corrected chi connectivity index (χ0v) is 13.3. The Hall–Kier alpha value is -1.96. The van der Waals surface area contributed by atoms with Crippen LogP contribution in [0.5, 0.6) is 11.5 Å². The van der Waals surface area contributed by atoms with E-state index in [1.54, 1.807) is 18.2 Å². The number of ether oxygens (including phenoxy) is 1. The SMILES string of the molecule is COc1cc(OS(=O)(=O)C(F)(F)F)c2/c(c1)=C\C/C(C)=C\C/C=2. The first kappa shape index (κ1) is 17.4. The van der Waals surface area contributed by atoms with Crippen LogP contribution in [0.15, 0.2) is 23.8 Å². The van der Waals surface area contributed by atoms with Crippen LogP contribution in [0.4, 0.5) is 13.2 Å². The Labute approximate surface area is 131 Å². The molecular weight excluding hydrogens is 333 g/mol. The molecule has 1 aliphatic rings. The molecule has 8 heteroatoms. The molecule has 0 bridgehead atoms. The van der Waals surface area contributed by atoms with Crippen molar-refractivity contribution in [2.75, 3.05) is 7.11 Å². The Bertz CT molecular complexity index is 852. The summed E-state index contributed by atoms with van der Waals surface area (Å²) in [5.74, 6) is -0.191. The molecule has 0 heterocycles. The zero-order chi connectivity index (χ0) is 17.3. The number of allylic oxidation sites excluding steroid dienone is 2. The summed E-state index contributed by atoms with van der Waals surface area (Å²) >= 11 is 0. The second-order valence-corrected chi connectivity index (χ2v) is 6.55. The summed E-state index contributed by atoms with van der Waals surface area (Å²) in [4.78, 5) is 0. The minimum Gasteiger partial charge on any atom is -0.497 e. The van der Waals surface area contributed by atoms with Gasteiger partial charge in [-0.05, 0) is 31.1 Å². The number of rotatable bonds is 3. The molecular formula is C15H15F3O4S. The molecule has 1 aromatic carbocycles. The predicted molar refractivity (Wildman–Crippen MR) is 79.8 cm³/mol. The highest BCUT2D eigenvalue weighted by Gasteiger charge is 2.48. The van der Waals surface area contributed by atoms with E-state index in [4.69, 9.17) is 4.74 Å². The summed E-state index contributed by atoms with van der Waals surface area (Å²) in [6.07, 6.45) is 6.37. The van der Waals surface area contributed by atoms with E-state index in [0.29, 0.717) is 23.3 Å². The molecule has 1 aromatic rings. The Balaban J connectivity index is 2.65. The van der Waals surface area contributed by atoms with Crippen molar-refractivity contribution in [2.45, 2.75) is 25.3 Å². The lowest BCUT2D eigenvalue weighted by Gasteiger charge is -2.12. The van der Waals surface area contributed by atoms with Gasteiger partial charge in [-0.2, -0.15) is 21.6 Å². The standard InChI is InChI=1S/C15H15F3O4S/c1-10-4-3-5-13-11(7-6-10)8-12(21-2)9-14(13)22-23(19,20)15(16,17)18/h4-5,7-9H,3,6H2,1-2H3/b10-4-,11-7-,13-5-. The van der Waals surface area contributed by atoms with Gasteiger partial charge in [-0.1, -0.05) is 23.8 Å². The normalized spacial score (nSPS) is 20.5. The molecule has 0 N–H and O–H groups in total. The van der Waals surface area contributed by atoms with Crippen LogP contribution in [0.1, 0.15) is 19.8 Å². The maximum atomic E-state index is 12.6. The molecule has 0 saturated heterocycles. The lowest BCUT2D eigenvalue weighted by Crippen LogP contribution is -2.33. The molecule has 0 unspecified atom stereocenters. The third kappa shape index (κ3) is 3.87. The Morgan fingerprint density at radius 1 is 1.13 bits per heavy atom. The highest BCUT2D eigenvalue weighted by molar-refractivity contribution is 7.88. The lowest BCUT2D eigenvalue weighted by atomic mass is 10.1. The molecule has 0 radical (unpaired) electrons. The lowest BCUT2D eigenvalue weighted by molar-refractivity contribution is -0.0500. The summed E-state index contributed by atoms with van der Waals surface area (Å²) in [6.45, 7) is 1.93. The number of halogens is 3. The smallest absolute Gasteiger partial charge is 0.497 e. The van der Waals surface area contributed by atoms with E-state index in [-0.39, 0.29) is 5.75 Å². The van der Waals surface area contributed by atoms with Gasteiger partial charge in [0.2, 0.25) is 0 Å². The number of methoxy groups -OCH3 is 1. The number of benzene rings is 1. The van der Waals surface area contributed by atoms with E-state index < -0.39 is 21.4 Å². The van der Waals surface area contributed by atoms with Crippen LogP contribution < -0.4 is 19.4 Å². The van der Waals surface area contributed by atoms with Crippen molar-refractivity contribution in [2.24, 2.45) is 0 Å². The molecule has 0 aliphatic heterocycles. The monoisotopic (exact) mass is 348 g/mol. The van der Waals surface area contributed by atoms with Crippen LogP contribution in [-0.2, 0) is 10.1 Å². The van der Waals surface area contributed by atoms with E-state index in [1.165, 1.54) is 7.11 Å². The summed E-state index contributed by atoms with van der Waals surface area (Å²) in [5.41, 5.74) is -4.40. The maximum Gasteiger partial charge on any atom is 0.534 e. The van der Waals surface area contributed by atoms with Crippen LogP contribution in [0, 0.1) is 0 Å². The summed E-state index contributed by atoms with van der Waals surface area (Å²) < 4.78 is 69.6. The van der Waals surface area contributed by atoms with Gasteiger partial charge in [-0.25, -0.2) is 0 Å². The fraction of sp³-hybridized carbons (Fsp3) is 0.333. The van der Waals surface area contributed by atoms with Crippen molar-refractivity contribution < 1.29 is 30.5 Å². The van der Waals surface area contributed by atoms with Crippen molar-refractivity contribution in [3.8, 4) is 11.5 Å². The fourth-order valence-corrected chi connectivity index (χ4v) is 2.56. The Morgan fingerprint density at radius 3 is 2.43 bits per heavy atom. The molecule has 0 aromatic heterocycles. The van der Waals surface area contributed by atoms with Gasteiger partial charge in [0.1, 0.15) is 5.75 Å². The van der Waals surface area contributed by atoms with Gasteiger partial charge in [0, 0.05) is 11.3 Å². The third-order valence-corrected chi connectivity index (χ3v) is 4.26. The maximum absolute atomic E-state index is 12.6. The first-order chi connectivity index (χ1) is 10.6. The summed E-state index contributed by atoms with van der Waals surface area (Å²) in [5, 5.41) is 0.853. The molecule has 0 amide bonds. The number of hydrogen-bond donors (Lipinski definition) is 0. The van der Waals surface area contributed by atoms with E-state index in [0.717, 1.165) is 11.6 Å². The minimum absolute atomic E-state index is 0.211. The van der Waals surface area contributed by atoms with E-state index in [9.17, 15) is 21.6 Å². The van der Waals surface area contributed by atoms with Gasteiger partial charge in [-0.15, -0.1) is 0 Å². The van der Waals surface area contributed by atoms with Crippen molar-refractivity contribution in [3.63, 3.8) is 0 Å². The molecule has 4 nitrogen and oxygen atoms in total. The summed E-state index contributed by atoms with van der Waals surface area (Å²) in [7, 11) is -4.41. The Kier molecular flexibility index (Phi) is 4.74. The van der Waals surface area contributed by atoms with Gasteiger partial charge < -0.3 is 8.92 Å². The van der Waals surface area contributed by atoms with E-state index in [2.05, 4.69) is 4.18 Å². The summed E-state index contributed by atoms with van der Waals surface area (Å²) in [6, 6.07) is 2.75. The molecule has 0 saturated carbocycles. The van der Waals surface area contributed by atoms with Gasteiger partial charge in [-0.3, -0.25) is 0 Å². The minimum atomic E-state index is -5.75. The van der Waals surface area contributed by atoms with Gasteiger partial charge >= 0.3 is 15.6 Å². The number of fused-ring (bicyclic) bond motifs is 1. The largest absolute Gasteiger partial charge is 0.534 e. The van der Waals surface area contributed by atoms with Crippen molar-refractivity contribution in [1.82, 2.24) is 0 Å². The molecule has 2 rings (SSSR count). The molecule has 126 valence electrons. The topological polar surface area (TPSA) is 52.6 Å². The van der Waals surface area contributed by atoms with Gasteiger partial charge in [0.15, 0.2) is 5.75 Å². The quantitative estimate of drug-likeness (QED) is 0.478. The molecule has 0 fully saturated rings. The second kappa shape index (κ2) is 6.27. The number of alkyl halides is 3. The van der Waals surface area contributed by atoms with Crippen molar-refractivity contribution in [3.05, 3.63) is 34.2 Å². The Morgan fingerprint density at radius 2 is 1.83 bits per heavy atom. The average Bonchev–Trinajstić information content (AvgIpc) is 2.42. The highest BCUT2D eigenvalue weighted by Crippen LogP contribution is 2.26. The van der Waals surface area contributed by atoms with Gasteiger partial charge in [0.25, 0.3) is 0 Å². The second-order valence-electron chi connectivity index (χ2n) is 5.01. The predicted octanol–water partition coefficient (Wildman–Crippen LogP) is 2.22. The van der Waals surface area contributed by atoms with E-state index in [1.807, 2.05) is 13.0 Å². The fourth-order valence-electron chi connectivity index (χ4n) is 2.09. The first-order valence-electron chi connectivity index (χ1n) is 6.69. The highest BCUT2D eigenvalue weighted by atomic mass is 32.2. The van der Waals surface area contributed by atoms with Crippen LogP contribution in [0.25, 0.3) is 12.2 Å². The van der Waals surface area contributed by atoms with Crippen molar-refractivity contribution in [1.29, 1.82) is 0 Å². The van der Waals surface area contributed by atoms with Crippen LogP contribution >= 0.6 is 0 Å². The molecule has 23 heavy (non-hydrogen) atoms. The molecule has 1 aliphatic carbocycles. The average molecular weight is 348 g/mol. The van der Waals surface area contributed by atoms with Crippen LogP contribution in [0.3, 0.4) is 0 Å². The van der Waals surface area contributed by atoms with E-state index >= 15 is 0 Å².